The molecule has 0 amide bonds. The van der Waals surface area contributed by atoms with Crippen molar-refractivity contribution in [3.8, 4) is 0 Å². The minimum absolute atomic E-state index is 0.0992. The highest BCUT2D eigenvalue weighted by molar-refractivity contribution is 5.30. The number of nitrogens with two attached hydrogens (primary N) is 1. The van der Waals surface area contributed by atoms with Crippen LogP contribution < -0.4 is 5.73 Å². The molecule has 3 nitrogen and oxygen atoms in total. The largest absolute Gasteiger partial charge is 0.393 e. The average Bonchev–Trinajstić information content (AvgIpc) is 3.26. The smallest absolute Gasteiger partial charge is 0.0571 e. The molecule has 0 spiro atoms. The number of likely N-dealkylation sites (tertiary alicyclic amines) is 1. The van der Waals surface area contributed by atoms with Crippen LogP contribution in [0.4, 0.5) is 0 Å². The molecule has 3 rings (SSSR count). The van der Waals surface area contributed by atoms with E-state index in [2.05, 4.69) is 36.9 Å². The van der Waals surface area contributed by atoms with Crippen LogP contribution >= 0.6 is 0 Å². The number of aliphatic hydroxyl groups excluding tert-OH is 1. The summed E-state index contributed by atoms with van der Waals surface area (Å²) in [7, 11) is 0. The molecule has 1 saturated carbocycles. The third-order valence-corrected chi connectivity index (χ3v) is 5.28. The Morgan fingerprint density at radius 2 is 2.05 bits per heavy atom. The highest BCUT2D eigenvalue weighted by Gasteiger charge is 2.33. The van der Waals surface area contributed by atoms with Crippen LogP contribution in [-0.4, -0.2) is 35.2 Å². The maximum Gasteiger partial charge on any atom is 0.0571 e. The third kappa shape index (κ3) is 4.09. The number of benzene rings is 1. The molecule has 2 aliphatic rings. The molecule has 1 saturated heterocycles. The summed E-state index contributed by atoms with van der Waals surface area (Å²) in [4.78, 5) is 2.49. The first-order valence-electron chi connectivity index (χ1n) is 8.73. The van der Waals surface area contributed by atoms with Crippen molar-refractivity contribution in [1.29, 1.82) is 0 Å². The zero-order valence-electron chi connectivity index (χ0n) is 14.0. The Balaban J connectivity index is 1.61. The number of aliphatic hydroxyl groups is 1. The first-order valence-corrected chi connectivity index (χ1v) is 8.73. The van der Waals surface area contributed by atoms with E-state index in [4.69, 9.17) is 5.73 Å². The molecule has 122 valence electrons. The maximum atomic E-state index is 10.2. The van der Waals surface area contributed by atoms with Crippen molar-refractivity contribution in [1.82, 2.24) is 4.90 Å². The van der Waals surface area contributed by atoms with E-state index in [0.29, 0.717) is 11.8 Å². The summed E-state index contributed by atoms with van der Waals surface area (Å²) in [5, 5.41) is 10.2. The molecule has 1 aromatic carbocycles. The number of nitrogens with zero attached hydrogens (tertiary/aromatic N) is 1. The minimum Gasteiger partial charge on any atom is -0.393 e. The van der Waals surface area contributed by atoms with Gasteiger partial charge in [0, 0.05) is 25.7 Å². The topological polar surface area (TPSA) is 49.5 Å². The zero-order valence-corrected chi connectivity index (χ0v) is 14.0. The zero-order chi connectivity index (χ0) is 15.7. The molecule has 0 aromatic heterocycles. The van der Waals surface area contributed by atoms with Gasteiger partial charge in [0.25, 0.3) is 0 Å². The van der Waals surface area contributed by atoms with Gasteiger partial charge in [-0.15, -0.1) is 0 Å². The van der Waals surface area contributed by atoms with Crippen LogP contribution in [0.2, 0.25) is 0 Å². The van der Waals surface area contributed by atoms with E-state index in [-0.39, 0.29) is 12.1 Å². The van der Waals surface area contributed by atoms with Crippen LogP contribution in [0.1, 0.15) is 42.4 Å². The van der Waals surface area contributed by atoms with Crippen molar-refractivity contribution >= 4 is 0 Å². The Kier molecular flexibility index (Phi) is 4.86. The summed E-state index contributed by atoms with van der Waals surface area (Å²) in [6.07, 6.45) is 4.32. The van der Waals surface area contributed by atoms with Gasteiger partial charge in [-0.25, -0.2) is 0 Å². The van der Waals surface area contributed by atoms with Crippen LogP contribution in [0.25, 0.3) is 0 Å². The number of hydrogen-bond acceptors (Lipinski definition) is 3. The summed E-state index contributed by atoms with van der Waals surface area (Å²) < 4.78 is 0. The fourth-order valence-electron chi connectivity index (χ4n) is 3.87. The molecule has 3 atom stereocenters. The Labute approximate surface area is 134 Å². The first kappa shape index (κ1) is 16.0. The second-order valence-electron chi connectivity index (χ2n) is 7.63. The van der Waals surface area contributed by atoms with Gasteiger partial charge in [-0.05, 0) is 62.5 Å². The lowest BCUT2D eigenvalue weighted by Gasteiger charge is -2.37. The Hall–Kier alpha value is -0.900. The predicted molar refractivity (Wildman–Crippen MR) is 90.6 cm³/mol. The predicted octanol–water partition coefficient (Wildman–Crippen LogP) is 2.61. The lowest BCUT2D eigenvalue weighted by atomic mass is 9.88. The molecule has 1 aliphatic carbocycles. The van der Waals surface area contributed by atoms with Gasteiger partial charge < -0.3 is 10.8 Å². The Morgan fingerprint density at radius 1 is 1.27 bits per heavy atom. The van der Waals surface area contributed by atoms with Crippen LogP contribution in [-0.2, 0) is 6.54 Å². The minimum atomic E-state index is -0.0992. The molecule has 1 heterocycles. The van der Waals surface area contributed by atoms with E-state index in [0.717, 1.165) is 32.5 Å². The van der Waals surface area contributed by atoms with Crippen molar-refractivity contribution in [2.45, 2.75) is 58.2 Å². The number of hydrogen-bond donors (Lipinski definition) is 2. The van der Waals surface area contributed by atoms with E-state index in [1.165, 1.54) is 29.5 Å². The normalized spacial score (nSPS) is 27.8. The summed E-state index contributed by atoms with van der Waals surface area (Å²) in [6.45, 7) is 7.37. The molecule has 3 heteroatoms. The van der Waals surface area contributed by atoms with Gasteiger partial charge in [0.15, 0.2) is 0 Å². The van der Waals surface area contributed by atoms with Gasteiger partial charge in [-0.1, -0.05) is 23.8 Å². The highest BCUT2D eigenvalue weighted by Crippen LogP contribution is 2.36. The molecule has 1 aromatic rings. The SMILES string of the molecule is Cc1ccc(C)c(CN2CC(N)CC(CC(O)C3CC3)C2)c1. The van der Waals surface area contributed by atoms with Gasteiger partial charge in [-0.2, -0.15) is 0 Å². The average molecular weight is 302 g/mol. The maximum absolute atomic E-state index is 10.2. The lowest BCUT2D eigenvalue weighted by Crippen LogP contribution is -2.47. The van der Waals surface area contributed by atoms with E-state index in [1.807, 2.05) is 0 Å². The molecule has 0 radical (unpaired) electrons. The van der Waals surface area contributed by atoms with Gasteiger partial charge in [0.2, 0.25) is 0 Å². The van der Waals surface area contributed by atoms with Gasteiger partial charge in [0.1, 0.15) is 0 Å². The quantitative estimate of drug-likeness (QED) is 0.879. The molecule has 22 heavy (non-hydrogen) atoms. The van der Waals surface area contributed by atoms with Gasteiger partial charge in [-0.3, -0.25) is 4.90 Å². The summed E-state index contributed by atoms with van der Waals surface area (Å²) in [5.41, 5.74) is 10.4. The van der Waals surface area contributed by atoms with Crippen LogP contribution in [0, 0.1) is 25.7 Å². The standard InChI is InChI=1S/C19H30N2O/c1-13-3-4-14(2)17(7-13)11-21-10-15(8-18(20)12-21)9-19(22)16-5-6-16/h3-4,7,15-16,18-19,22H,5-6,8-12,20H2,1-2H3. The Bertz CT molecular complexity index is 512. The molecule has 3 unspecified atom stereocenters. The fraction of sp³-hybridized carbons (Fsp3) is 0.684. The van der Waals surface area contributed by atoms with Crippen LogP contribution in [0.5, 0.6) is 0 Å². The van der Waals surface area contributed by atoms with Crippen molar-refractivity contribution in [3.63, 3.8) is 0 Å². The van der Waals surface area contributed by atoms with E-state index in [1.54, 1.807) is 0 Å². The summed E-state index contributed by atoms with van der Waals surface area (Å²) in [6, 6.07) is 6.93. The molecular weight excluding hydrogens is 272 g/mol. The van der Waals surface area contributed by atoms with Crippen LogP contribution in [0.15, 0.2) is 18.2 Å². The van der Waals surface area contributed by atoms with Gasteiger partial charge >= 0.3 is 0 Å². The molecule has 2 fully saturated rings. The fourth-order valence-corrected chi connectivity index (χ4v) is 3.87. The van der Waals surface area contributed by atoms with Crippen molar-refractivity contribution in [2.24, 2.45) is 17.6 Å². The van der Waals surface area contributed by atoms with Crippen molar-refractivity contribution in [2.75, 3.05) is 13.1 Å². The summed E-state index contributed by atoms with van der Waals surface area (Å²) in [5.74, 6) is 1.12. The Morgan fingerprint density at radius 3 is 2.77 bits per heavy atom. The highest BCUT2D eigenvalue weighted by atomic mass is 16.3. The first-order chi connectivity index (χ1) is 10.5. The van der Waals surface area contributed by atoms with Crippen LogP contribution in [0.3, 0.4) is 0 Å². The lowest BCUT2D eigenvalue weighted by molar-refractivity contribution is 0.0780. The second kappa shape index (κ2) is 6.69. The van der Waals surface area contributed by atoms with E-state index >= 15 is 0 Å². The molecule has 0 bridgehead atoms. The monoisotopic (exact) mass is 302 g/mol. The number of rotatable bonds is 5. The van der Waals surface area contributed by atoms with Gasteiger partial charge in [0.05, 0.1) is 6.10 Å². The van der Waals surface area contributed by atoms with Crippen molar-refractivity contribution in [3.05, 3.63) is 34.9 Å². The summed E-state index contributed by atoms with van der Waals surface area (Å²) >= 11 is 0. The van der Waals surface area contributed by atoms with E-state index < -0.39 is 0 Å². The molecule has 3 N–H and O–H groups in total. The third-order valence-electron chi connectivity index (χ3n) is 5.28. The number of aryl methyl sites for hydroxylation is 2. The molecular formula is C19H30N2O. The molecule has 1 aliphatic heterocycles. The van der Waals surface area contributed by atoms with Crippen molar-refractivity contribution < 1.29 is 5.11 Å². The number of piperidine rings is 1. The second-order valence-corrected chi connectivity index (χ2v) is 7.63. The van der Waals surface area contributed by atoms with E-state index in [9.17, 15) is 5.11 Å².